The Morgan fingerprint density at radius 3 is 2.35 bits per heavy atom. The summed E-state index contributed by atoms with van der Waals surface area (Å²) in [5, 5.41) is 20.4. The van der Waals surface area contributed by atoms with Gasteiger partial charge in [0, 0.05) is 24.2 Å². The molecule has 0 bridgehead atoms. The Morgan fingerprint density at radius 1 is 0.977 bits per heavy atom. The van der Waals surface area contributed by atoms with Crippen molar-refractivity contribution in [3.8, 4) is 11.5 Å². The van der Waals surface area contributed by atoms with E-state index in [-0.39, 0.29) is 18.8 Å². The van der Waals surface area contributed by atoms with Gasteiger partial charge in [-0.2, -0.15) is 0 Å². The zero-order valence-corrected chi connectivity index (χ0v) is 23.5. The molecule has 10 nitrogen and oxygen atoms in total. The molecular formula is C33H32N4O6. The first kappa shape index (κ1) is 29.0. The predicted octanol–water partition coefficient (Wildman–Crippen LogP) is 5.32. The summed E-state index contributed by atoms with van der Waals surface area (Å²) in [5.41, 5.74) is 10.1. The lowest BCUT2D eigenvalue weighted by Crippen LogP contribution is -2.49. The van der Waals surface area contributed by atoms with Crippen LogP contribution in [0.15, 0.2) is 97.1 Å². The largest absolute Gasteiger partial charge is 0.507 e. The zero-order chi connectivity index (χ0) is 30.3. The summed E-state index contributed by atoms with van der Waals surface area (Å²) >= 11 is 0. The number of nitrogens with one attached hydrogen (secondary N) is 2. The molecule has 0 spiro atoms. The molecule has 0 aliphatic carbocycles. The smallest absolute Gasteiger partial charge is 0.493 e. The summed E-state index contributed by atoms with van der Waals surface area (Å²) in [7, 11) is 1.53. The van der Waals surface area contributed by atoms with Gasteiger partial charge in [0.2, 0.25) is 0 Å². The van der Waals surface area contributed by atoms with E-state index in [4.69, 9.17) is 25.4 Å². The van der Waals surface area contributed by atoms with E-state index in [1.165, 1.54) is 12.0 Å². The van der Waals surface area contributed by atoms with Crippen LogP contribution in [0, 0.1) is 5.41 Å². The summed E-state index contributed by atoms with van der Waals surface area (Å²) in [6.07, 6.45) is -2.25. The Balaban J connectivity index is 1.49. The van der Waals surface area contributed by atoms with Crippen LogP contribution in [0.25, 0.3) is 0 Å². The molecule has 5 N–H and O–H groups in total. The highest BCUT2D eigenvalue weighted by molar-refractivity contribution is 5.95. The van der Waals surface area contributed by atoms with Crippen LogP contribution in [0.1, 0.15) is 33.9 Å². The first-order valence-electron chi connectivity index (χ1n) is 13.6. The summed E-state index contributed by atoms with van der Waals surface area (Å²) in [5.74, 6) is 0.473. The number of rotatable bonds is 10. The van der Waals surface area contributed by atoms with Crippen LogP contribution >= 0.6 is 0 Å². The van der Waals surface area contributed by atoms with E-state index in [1.54, 1.807) is 42.5 Å². The molecule has 0 saturated heterocycles. The number of amides is 1. The molecule has 4 aromatic rings. The number of fused-ring (bicyclic) bond motifs is 1. The van der Waals surface area contributed by atoms with Gasteiger partial charge in [-0.25, -0.2) is 4.79 Å². The molecule has 0 fully saturated rings. The maximum Gasteiger partial charge on any atom is 0.507 e. The Labute approximate surface area is 249 Å². The molecule has 0 saturated carbocycles. The second-order valence-electron chi connectivity index (χ2n) is 10.0. The van der Waals surface area contributed by atoms with Gasteiger partial charge in [0.1, 0.15) is 18.5 Å². The number of ether oxygens (including phenoxy) is 3. The highest BCUT2D eigenvalue weighted by Gasteiger charge is 2.37. The Morgan fingerprint density at radius 2 is 1.67 bits per heavy atom. The molecule has 43 heavy (non-hydrogen) atoms. The molecule has 0 radical (unpaired) electrons. The topological polar surface area (TPSA) is 147 Å². The minimum absolute atomic E-state index is 0.0735. The van der Waals surface area contributed by atoms with E-state index in [1.807, 2.05) is 54.6 Å². The molecule has 2 atom stereocenters. The second-order valence-corrected chi connectivity index (χ2v) is 10.0. The van der Waals surface area contributed by atoms with Gasteiger partial charge >= 0.3 is 6.16 Å². The SMILES string of the molecule is COc1cc(C(Nc2ccc(C(=N)N)cc2)C(=O)N2Cc3ccccc3CC2OC(=O)O)ccc1OCc1ccccc1. The minimum Gasteiger partial charge on any atom is -0.493 e. The lowest BCUT2D eigenvalue weighted by Gasteiger charge is -2.37. The first-order valence-corrected chi connectivity index (χ1v) is 13.6. The Kier molecular flexibility index (Phi) is 8.76. The molecule has 5 rings (SSSR count). The molecule has 0 aromatic heterocycles. The third-order valence-corrected chi connectivity index (χ3v) is 7.23. The number of hydrogen-bond acceptors (Lipinski definition) is 7. The van der Waals surface area contributed by atoms with Crippen LogP contribution in [-0.2, 0) is 29.1 Å². The van der Waals surface area contributed by atoms with E-state index in [0.29, 0.717) is 34.9 Å². The maximum atomic E-state index is 14.3. The number of methoxy groups -OCH3 is 1. The third-order valence-electron chi connectivity index (χ3n) is 7.23. The van der Waals surface area contributed by atoms with Gasteiger partial charge in [-0.15, -0.1) is 0 Å². The zero-order valence-electron chi connectivity index (χ0n) is 23.5. The molecule has 4 aromatic carbocycles. The van der Waals surface area contributed by atoms with Gasteiger partial charge in [-0.3, -0.25) is 10.2 Å². The van der Waals surface area contributed by atoms with E-state index in [2.05, 4.69) is 5.32 Å². The van der Waals surface area contributed by atoms with Crippen LogP contribution in [0.3, 0.4) is 0 Å². The fraction of sp³-hybridized carbons (Fsp3) is 0.182. The predicted molar refractivity (Wildman–Crippen MR) is 161 cm³/mol. The van der Waals surface area contributed by atoms with Gasteiger partial charge in [0.05, 0.1) is 7.11 Å². The average molecular weight is 581 g/mol. The fourth-order valence-electron chi connectivity index (χ4n) is 5.02. The van der Waals surface area contributed by atoms with E-state index >= 15 is 0 Å². The number of benzene rings is 4. The van der Waals surface area contributed by atoms with Crippen molar-refractivity contribution in [2.24, 2.45) is 5.73 Å². The Hall–Kier alpha value is -5.51. The number of anilines is 1. The number of nitrogens with zero attached hydrogens (tertiary/aromatic N) is 1. The van der Waals surface area contributed by atoms with Crippen LogP contribution in [-0.4, -0.2) is 41.2 Å². The molecular weight excluding hydrogens is 548 g/mol. The highest BCUT2D eigenvalue weighted by Crippen LogP contribution is 2.35. The molecule has 220 valence electrons. The average Bonchev–Trinajstić information content (AvgIpc) is 3.02. The van der Waals surface area contributed by atoms with E-state index in [9.17, 15) is 14.7 Å². The van der Waals surface area contributed by atoms with Gasteiger partial charge < -0.3 is 35.3 Å². The number of nitrogens with two attached hydrogens (primary N) is 1. The van der Waals surface area contributed by atoms with Crippen LogP contribution in [0.2, 0.25) is 0 Å². The highest BCUT2D eigenvalue weighted by atomic mass is 16.7. The molecule has 10 heteroatoms. The van der Waals surface area contributed by atoms with Crippen molar-refractivity contribution in [2.75, 3.05) is 12.4 Å². The molecule has 1 heterocycles. The Bertz CT molecular complexity index is 1610. The number of nitrogen functional groups attached to an aromatic ring is 1. The summed E-state index contributed by atoms with van der Waals surface area (Å²) in [4.78, 5) is 27.4. The van der Waals surface area contributed by atoms with E-state index in [0.717, 1.165) is 16.7 Å². The quantitative estimate of drug-likeness (QED) is 0.112. The second kappa shape index (κ2) is 13.0. The summed E-state index contributed by atoms with van der Waals surface area (Å²) in [6, 6.07) is 28.4. The van der Waals surface area contributed by atoms with Crippen molar-refractivity contribution in [1.82, 2.24) is 4.90 Å². The van der Waals surface area contributed by atoms with Gasteiger partial charge in [-0.1, -0.05) is 60.7 Å². The van der Waals surface area contributed by atoms with Crippen molar-refractivity contribution in [1.29, 1.82) is 5.41 Å². The molecule has 2 unspecified atom stereocenters. The molecule has 1 aliphatic heterocycles. The summed E-state index contributed by atoms with van der Waals surface area (Å²) in [6.45, 7) is 0.505. The number of carbonyl (C=O) groups is 2. The van der Waals surface area contributed by atoms with Crippen molar-refractivity contribution in [3.05, 3.63) is 125 Å². The first-order chi connectivity index (χ1) is 20.8. The molecule has 1 aliphatic rings. The van der Waals surface area contributed by atoms with Crippen LogP contribution in [0.5, 0.6) is 11.5 Å². The van der Waals surface area contributed by atoms with Crippen LogP contribution in [0.4, 0.5) is 10.5 Å². The van der Waals surface area contributed by atoms with Gasteiger partial charge in [-0.05, 0) is 58.7 Å². The number of hydrogen-bond donors (Lipinski definition) is 4. The minimum atomic E-state index is -1.46. The standard InChI is InChI=1S/C33H32N4O6/c1-41-28-17-24(13-16-27(28)42-20-21-7-3-2-4-8-21)30(36-26-14-11-22(12-15-26)31(34)35)32(38)37-19-25-10-6-5-9-23(25)18-29(37)43-33(39)40/h2-17,29-30,36H,18-20H2,1H3,(H3,34,35)(H,39,40). The monoisotopic (exact) mass is 580 g/mol. The van der Waals surface area contributed by atoms with Crippen molar-refractivity contribution >= 4 is 23.6 Å². The number of carbonyl (C=O) groups excluding carboxylic acids is 1. The van der Waals surface area contributed by atoms with Crippen molar-refractivity contribution in [2.45, 2.75) is 31.8 Å². The van der Waals surface area contributed by atoms with Crippen LogP contribution < -0.4 is 20.5 Å². The molecule has 1 amide bonds. The normalized spacial score (nSPS) is 14.6. The van der Waals surface area contributed by atoms with Crippen molar-refractivity contribution < 1.29 is 28.9 Å². The van der Waals surface area contributed by atoms with Gasteiger partial charge in [0.15, 0.2) is 17.7 Å². The number of amidine groups is 1. The summed E-state index contributed by atoms with van der Waals surface area (Å²) < 4.78 is 16.9. The van der Waals surface area contributed by atoms with Crippen molar-refractivity contribution in [3.63, 3.8) is 0 Å². The number of carboxylic acid groups (broad SMARTS) is 1. The third kappa shape index (κ3) is 6.87. The lowest BCUT2D eigenvalue weighted by molar-refractivity contribution is -0.145. The van der Waals surface area contributed by atoms with E-state index < -0.39 is 24.3 Å². The fourth-order valence-corrected chi connectivity index (χ4v) is 5.02. The van der Waals surface area contributed by atoms with Gasteiger partial charge in [0.25, 0.3) is 5.91 Å². The maximum absolute atomic E-state index is 14.3. The lowest BCUT2D eigenvalue weighted by atomic mass is 9.96.